The molecule has 5 N–H and O–H groups in total. The Morgan fingerprint density at radius 3 is 2.59 bits per heavy atom. The number of likely N-dealkylation sites (tertiary alicyclic amines) is 1. The zero-order chi connectivity index (χ0) is 16.3. The predicted molar refractivity (Wildman–Crippen MR) is 86.3 cm³/mol. The van der Waals surface area contributed by atoms with Crippen LogP contribution >= 0.6 is 15.9 Å². The van der Waals surface area contributed by atoms with Gasteiger partial charge in [0.05, 0.1) is 0 Å². The fourth-order valence-corrected chi connectivity index (χ4v) is 2.71. The van der Waals surface area contributed by atoms with Gasteiger partial charge in [-0.1, -0.05) is 28.1 Å². The molecular weight excluding hydrogens is 356 g/mol. The predicted octanol–water partition coefficient (Wildman–Crippen LogP) is 1.95. The second kappa shape index (κ2) is 6.60. The monoisotopic (exact) mass is 373 g/mol. The normalized spacial score (nSPS) is 21.1. The number of guanidine groups is 1. The van der Waals surface area contributed by atoms with Crippen molar-refractivity contribution in [1.29, 1.82) is 5.41 Å². The molecule has 0 amide bonds. The third kappa shape index (κ3) is 3.73. The molecule has 1 aliphatic heterocycles. The summed E-state index contributed by atoms with van der Waals surface area (Å²) in [5.41, 5.74) is 12.1. The molecule has 0 aromatic heterocycles. The molecule has 1 aliphatic rings. The zero-order valence-corrected chi connectivity index (χ0v) is 13.5. The Morgan fingerprint density at radius 2 is 2.00 bits per heavy atom. The molecule has 120 valence electrons. The van der Waals surface area contributed by atoms with Crippen LogP contribution in [0.3, 0.4) is 0 Å². The summed E-state index contributed by atoms with van der Waals surface area (Å²) in [6.07, 6.45) is 0.229. The van der Waals surface area contributed by atoms with Gasteiger partial charge in [-0.05, 0) is 24.1 Å². The maximum atomic E-state index is 13.9. The molecule has 0 spiro atoms. The number of benzene rings is 1. The highest BCUT2D eigenvalue weighted by Crippen LogP contribution is 2.33. The first-order valence-electron chi connectivity index (χ1n) is 6.84. The Hall–Kier alpha value is -1.70. The summed E-state index contributed by atoms with van der Waals surface area (Å²) in [5, 5.41) is 7.38. The quantitative estimate of drug-likeness (QED) is 0.556. The number of nitrogens with one attached hydrogen (secondary N) is 1. The molecule has 1 fully saturated rings. The van der Waals surface area contributed by atoms with Gasteiger partial charge in [0.25, 0.3) is 5.92 Å². The molecule has 1 aromatic rings. The van der Waals surface area contributed by atoms with Crippen LogP contribution in [0.1, 0.15) is 12.0 Å². The van der Waals surface area contributed by atoms with Crippen molar-refractivity contribution >= 4 is 27.7 Å². The molecule has 2 rings (SSSR count). The molecule has 1 heterocycles. The molecule has 8 heteroatoms. The van der Waals surface area contributed by atoms with Crippen LogP contribution in [-0.2, 0) is 6.42 Å². The number of hydrogen-bond acceptors (Lipinski definition) is 2. The van der Waals surface area contributed by atoms with Crippen molar-refractivity contribution in [2.45, 2.75) is 24.8 Å². The molecule has 0 radical (unpaired) electrons. The minimum absolute atomic E-state index is 0.00985. The van der Waals surface area contributed by atoms with Crippen LogP contribution in [0.2, 0.25) is 0 Å². The molecule has 0 aliphatic carbocycles. The zero-order valence-electron chi connectivity index (χ0n) is 11.9. The first-order chi connectivity index (χ1) is 10.3. The maximum Gasteiger partial charge on any atom is 0.276 e. The number of nitrogens with zero attached hydrogens (tertiary/aromatic N) is 2. The molecule has 5 nitrogen and oxygen atoms in total. The van der Waals surface area contributed by atoms with Gasteiger partial charge in [-0.3, -0.25) is 10.4 Å². The number of rotatable bonds is 4. The number of halogens is 3. The maximum absolute atomic E-state index is 13.9. The summed E-state index contributed by atoms with van der Waals surface area (Å²) in [6.45, 7) is 0.321. The van der Waals surface area contributed by atoms with E-state index in [0.29, 0.717) is 13.0 Å². The summed E-state index contributed by atoms with van der Waals surface area (Å²) in [4.78, 5) is 5.16. The lowest BCUT2D eigenvalue weighted by Crippen LogP contribution is -2.52. The standard InChI is InChI=1S/C14H18BrF2N5/c15-10-3-1-9(2-4-10)5-7-21-12(18)11-14(16,17)6-8-22(11)13(19)20/h1-4,11H,5-8H2,(H2,18,21)(H3,19,20). The summed E-state index contributed by atoms with van der Waals surface area (Å²) in [7, 11) is 0. The van der Waals surface area contributed by atoms with Crippen molar-refractivity contribution in [2.24, 2.45) is 16.5 Å². The summed E-state index contributed by atoms with van der Waals surface area (Å²) in [5.74, 6) is -3.60. The van der Waals surface area contributed by atoms with E-state index in [4.69, 9.17) is 16.9 Å². The number of amidine groups is 1. The SMILES string of the molecule is N=C(N)N1CCC(F)(F)C1C(N)=NCCc1ccc(Br)cc1. The van der Waals surface area contributed by atoms with Crippen LogP contribution in [-0.4, -0.2) is 41.7 Å². The van der Waals surface area contributed by atoms with E-state index in [1.807, 2.05) is 24.3 Å². The van der Waals surface area contributed by atoms with Crippen LogP contribution in [0, 0.1) is 5.41 Å². The highest BCUT2D eigenvalue weighted by atomic mass is 79.9. The molecule has 1 aromatic carbocycles. The Kier molecular flexibility index (Phi) is 5.00. The fraction of sp³-hybridized carbons (Fsp3) is 0.429. The molecular formula is C14H18BrF2N5. The Morgan fingerprint density at radius 1 is 1.36 bits per heavy atom. The van der Waals surface area contributed by atoms with E-state index < -0.39 is 17.9 Å². The van der Waals surface area contributed by atoms with Gasteiger partial charge < -0.3 is 16.4 Å². The Bertz CT molecular complexity index is 573. The van der Waals surface area contributed by atoms with Crippen LogP contribution < -0.4 is 11.5 Å². The third-order valence-corrected chi connectivity index (χ3v) is 4.12. The minimum Gasteiger partial charge on any atom is -0.386 e. The average molecular weight is 374 g/mol. The molecule has 22 heavy (non-hydrogen) atoms. The van der Waals surface area contributed by atoms with Gasteiger partial charge in [-0.2, -0.15) is 0 Å². The second-order valence-corrected chi connectivity index (χ2v) is 6.09. The first kappa shape index (κ1) is 16.7. The van der Waals surface area contributed by atoms with Gasteiger partial charge in [0.2, 0.25) is 0 Å². The van der Waals surface area contributed by atoms with Gasteiger partial charge in [-0.15, -0.1) is 0 Å². The number of alkyl halides is 2. The van der Waals surface area contributed by atoms with Gasteiger partial charge in [0, 0.05) is 24.0 Å². The summed E-state index contributed by atoms with van der Waals surface area (Å²) in [6, 6.07) is 6.26. The van der Waals surface area contributed by atoms with E-state index in [-0.39, 0.29) is 18.8 Å². The topological polar surface area (TPSA) is 91.5 Å². The second-order valence-electron chi connectivity index (χ2n) is 5.18. The van der Waals surface area contributed by atoms with E-state index >= 15 is 0 Å². The largest absolute Gasteiger partial charge is 0.386 e. The van der Waals surface area contributed by atoms with Crippen molar-refractivity contribution in [1.82, 2.24) is 4.90 Å². The van der Waals surface area contributed by atoms with E-state index in [2.05, 4.69) is 20.9 Å². The smallest absolute Gasteiger partial charge is 0.276 e. The molecule has 1 atom stereocenters. The van der Waals surface area contributed by atoms with E-state index in [1.165, 1.54) is 0 Å². The molecule has 0 bridgehead atoms. The van der Waals surface area contributed by atoms with Crippen LogP contribution in [0.5, 0.6) is 0 Å². The third-order valence-electron chi connectivity index (χ3n) is 3.60. The van der Waals surface area contributed by atoms with Crippen molar-refractivity contribution in [3.05, 3.63) is 34.3 Å². The van der Waals surface area contributed by atoms with E-state index in [1.54, 1.807) is 0 Å². The first-order valence-corrected chi connectivity index (χ1v) is 7.63. The van der Waals surface area contributed by atoms with Crippen LogP contribution in [0.4, 0.5) is 8.78 Å². The van der Waals surface area contributed by atoms with Gasteiger partial charge in [-0.25, -0.2) is 8.78 Å². The number of aliphatic imine (C=N–C) groups is 1. The average Bonchev–Trinajstić information content (AvgIpc) is 2.76. The van der Waals surface area contributed by atoms with Gasteiger partial charge in [0.1, 0.15) is 5.84 Å². The van der Waals surface area contributed by atoms with Crippen molar-refractivity contribution in [3.63, 3.8) is 0 Å². The highest BCUT2D eigenvalue weighted by Gasteiger charge is 2.51. The molecule has 1 saturated heterocycles. The Labute approximate surface area is 136 Å². The number of hydrogen-bond donors (Lipinski definition) is 3. The van der Waals surface area contributed by atoms with Crippen LogP contribution in [0.15, 0.2) is 33.7 Å². The number of nitrogens with two attached hydrogens (primary N) is 2. The molecule has 0 saturated carbocycles. The van der Waals surface area contributed by atoms with E-state index in [0.717, 1.165) is 14.9 Å². The van der Waals surface area contributed by atoms with Gasteiger partial charge >= 0.3 is 0 Å². The van der Waals surface area contributed by atoms with Crippen molar-refractivity contribution in [3.8, 4) is 0 Å². The van der Waals surface area contributed by atoms with Crippen molar-refractivity contribution < 1.29 is 8.78 Å². The highest BCUT2D eigenvalue weighted by molar-refractivity contribution is 9.10. The fourth-order valence-electron chi connectivity index (χ4n) is 2.45. The lowest BCUT2D eigenvalue weighted by Gasteiger charge is -2.27. The summed E-state index contributed by atoms with van der Waals surface area (Å²) < 4.78 is 28.8. The van der Waals surface area contributed by atoms with Crippen LogP contribution in [0.25, 0.3) is 0 Å². The van der Waals surface area contributed by atoms with E-state index in [9.17, 15) is 8.78 Å². The Balaban J connectivity index is 2.03. The van der Waals surface area contributed by atoms with Gasteiger partial charge in [0.15, 0.2) is 12.0 Å². The molecule has 1 unspecified atom stereocenters. The lowest BCUT2D eigenvalue weighted by molar-refractivity contribution is -0.00153. The summed E-state index contributed by atoms with van der Waals surface area (Å²) >= 11 is 3.35. The lowest BCUT2D eigenvalue weighted by atomic mass is 10.1. The van der Waals surface area contributed by atoms with Crippen molar-refractivity contribution in [2.75, 3.05) is 13.1 Å². The minimum atomic E-state index is -3.02.